The number of nitrogens with zero attached hydrogens (tertiary/aromatic N) is 1. The molecule has 1 saturated heterocycles. The van der Waals surface area contributed by atoms with Crippen molar-refractivity contribution in [2.45, 2.75) is 43.4 Å². The molecule has 1 N–H and O–H groups in total. The Balaban J connectivity index is 0.00000204. The molecule has 6 heteroatoms. The van der Waals surface area contributed by atoms with Gasteiger partial charge in [-0.2, -0.15) is 0 Å². The van der Waals surface area contributed by atoms with E-state index in [2.05, 4.69) is 24.1 Å². The quantitative estimate of drug-likeness (QED) is 0.740. The number of halogens is 1. The molecule has 4 aliphatic rings. The molecule has 2 aliphatic heterocycles. The molecule has 1 fully saturated rings. The number of hydrogen-bond acceptors (Lipinski definition) is 5. The van der Waals surface area contributed by atoms with Crippen molar-refractivity contribution in [3.05, 3.63) is 76.6 Å². The van der Waals surface area contributed by atoms with Gasteiger partial charge in [0.1, 0.15) is 11.5 Å². The second kappa shape index (κ2) is 7.37. The van der Waals surface area contributed by atoms with E-state index >= 15 is 0 Å². The minimum absolute atomic E-state index is 0. The molecule has 4 atom stereocenters. The lowest BCUT2D eigenvalue weighted by Crippen LogP contribution is -2.63. The monoisotopic (exact) mass is 439 g/mol. The van der Waals surface area contributed by atoms with Crippen LogP contribution in [0.2, 0.25) is 0 Å². The average Bonchev–Trinajstić information content (AvgIpc) is 3.13. The second-order valence-electron chi connectivity index (χ2n) is 8.99. The highest BCUT2D eigenvalue weighted by molar-refractivity contribution is 5.90. The zero-order chi connectivity index (χ0) is 20.5. The molecule has 162 valence electrons. The van der Waals surface area contributed by atoms with Gasteiger partial charge in [-0.3, -0.25) is 0 Å². The Kier molecular flexibility index (Phi) is 4.88. The molecule has 2 bridgehead atoms. The predicted octanol–water partition coefficient (Wildman–Crippen LogP) is 3.62. The Hall–Kier alpha value is -2.34. The molecule has 5 nitrogen and oxygen atoms in total. The number of carbonyl (C=O) groups excluding carboxylic acids is 1. The van der Waals surface area contributed by atoms with Gasteiger partial charge in [0, 0.05) is 22.6 Å². The second-order valence-corrected chi connectivity index (χ2v) is 8.99. The lowest BCUT2D eigenvalue weighted by molar-refractivity contribution is -0.0271. The fourth-order valence-corrected chi connectivity index (χ4v) is 6.35. The largest absolute Gasteiger partial charge is 0.481 e. The van der Waals surface area contributed by atoms with Crippen LogP contribution in [0.5, 0.6) is 5.75 Å². The van der Waals surface area contributed by atoms with Crippen molar-refractivity contribution in [3.8, 4) is 5.75 Å². The minimum atomic E-state index is -0.348. The molecule has 6 rings (SSSR count). The summed E-state index contributed by atoms with van der Waals surface area (Å²) in [6.07, 6.45) is 4.58. The van der Waals surface area contributed by atoms with E-state index in [-0.39, 0.29) is 36.5 Å². The molecule has 2 aromatic carbocycles. The van der Waals surface area contributed by atoms with Crippen molar-refractivity contribution in [2.24, 2.45) is 5.92 Å². The van der Waals surface area contributed by atoms with Gasteiger partial charge in [-0.05, 0) is 62.5 Å². The number of piperidine rings is 1. The third kappa shape index (κ3) is 2.73. The molecule has 0 amide bonds. The minimum Gasteiger partial charge on any atom is -0.481 e. The zero-order valence-corrected chi connectivity index (χ0v) is 18.2. The number of likely N-dealkylation sites (N-methyl/N-ethyl adjacent to an activating group) is 1. The fourth-order valence-electron chi connectivity index (χ4n) is 6.35. The first-order valence-electron chi connectivity index (χ1n) is 10.7. The van der Waals surface area contributed by atoms with Crippen LogP contribution in [-0.4, -0.2) is 41.7 Å². The number of rotatable bonds is 3. The first kappa shape index (κ1) is 20.6. The molecular formula is C25H26ClNO4. The number of carbonyl (C=O) groups is 1. The van der Waals surface area contributed by atoms with Gasteiger partial charge in [0.2, 0.25) is 0 Å². The zero-order valence-electron chi connectivity index (χ0n) is 17.4. The maximum atomic E-state index is 12.8. The normalized spacial score (nSPS) is 29.9. The van der Waals surface area contributed by atoms with Crippen molar-refractivity contribution in [1.82, 2.24) is 4.90 Å². The maximum Gasteiger partial charge on any atom is 0.343 e. The van der Waals surface area contributed by atoms with Crippen LogP contribution < -0.4 is 4.74 Å². The van der Waals surface area contributed by atoms with E-state index in [0.29, 0.717) is 23.3 Å². The predicted molar refractivity (Wildman–Crippen MR) is 118 cm³/mol. The lowest BCUT2D eigenvalue weighted by Gasteiger charge is -2.56. The van der Waals surface area contributed by atoms with E-state index in [1.54, 1.807) is 12.1 Å². The summed E-state index contributed by atoms with van der Waals surface area (Å²) in [4.78, 5) is 15.3. The van der Waals surface area contributed by atoms with Gasteiger partial charge in [0.05, 0.1) is 12.2 Å². The fraction of sp³-hybridized carbons (Fsp3) is 0.400. The van der Waals surface area contributed by atoms with E-state index in [4.69, 9.17) is 9.47 Å². The number of likely N-dealkylation sites (tertiary alicyclic amines) is 1. The molecular weight excluding hydrogens is 414 g/mol. The third-order valence-electron chi connectivity index (χ3n) is 7.72. The van der Waals surface area contributed by atoms with Crippen LogP contribution in [0.15, 0.2) is 54.3 Å². The van der Waals surface area contributed by atoms with Crippen LogP contribution in [-0.2, 0) is 23.2 Å². The Morgan fingerprint density at radius 3 is 2.84 bits per heavy atom. The topological polar surface area (TPSA) is 59.0 Å². The number of allylic oxidation sites excluding steroid dienone is 1. The van der Waals surface area contributed by atoms with Crippen LogP contribution >= 0.6 is 12.4 Å². The number of aliphatic hydroxyl groups is 1. The molecule has 4 unspecified atom stereocenters. The number of benzene rings is 2. The summed E-state index contributed by atoms with van der Waals surface area (Å²) in [5.41, 5.74) is 3.74. The van der Waals surface area contributed by atoms with Crippen molar-refractivity contribution in [3.63, 3.8) is 0 Å². The highest BCUT2D eigenvalue weighted by atomic mass is 35.5. The molecule has 2 aromatic rings. The first-order valence-corrected chi connectivity index (χ1v) is 10.7. The Labute approximate surface area is 188 Å². The molecule has 31 heavy (non-hydrogen) atoms. The standard InChI is InChI=1S/C25H25NO4.ClH/c1-26-12-11-25-18-9-10-20(29-24(28)15-5-3-2-4-6-15)23(25)30-22-17(14-27)8-7-16(21(22)25)13-19(18)26;/h2-8,10,18-19,23,27H,9,11-14H2,1H3;1H. The summed E-state index contributed by atoms with van der Waals surface area (Å²) in [5.74, 6) is 1.51. The molecule has 0 saturated carbocycles. The Morgan fingerprint density at radius 2 is 2.06 bits per heavy atom. The van der Waals surface area contributed by atoms with E-state index < -0.39 is 0 Å². The number of aliphatic hydroxyl groups excluding tert-OH is 1. The first-order chi connectivity index (χ1) is 14.6. The van der Waals surface area contributed by atoms with Crippen molar-refractivity contribution < 1.29 is 19.4 Å². The van der Waals surface area contributed by atoms with Crippen molar-refractivity contribution >= 4 is 18.4 Å². The Morgan fingerprint density at radius 1 is 1.26 bits per heavy atom. The lowest BCUT2D eigenvalue weighted by atomic mass is 9.53. The van der Waals surface area contributed by atoms with Crippen LogP contribution in [0, 0.1) is 5.92 Å². The third-order valence-corrected chi connectivity index (χ3v) is 7.72. The van der Waals surface area contributed by atoms with Crippen LogP contribution in [0.25, 0.3) is 0 Å². The highest BCUT2D eigenvalue weighted by Crippen LogP contribution is 2.62. The summed E-state index contributed by atoms with van der Waals surface area (Å²) in [7, 11) is 2.21. The van der Waals surface area contributed by atoms with Crippen LogP contribution in [0.1, 0.15) is 39.9 Å². The van der Waals surface area contributed by atoms with Gasteiger partial charge in [0.15, 0.2) is 6.10 Å². The molecule has 2 heterocycles. The van der Waals surface area contributed by atoms with E-state index in [9.17, 15) is 9.90 Å². The van der Waals surface area contributed by atoms with Crippen LogP contribution in [0.4, 0.5) is 0 Å². The SMILES string of the molecule is CN1CCC23c4c5ccc(CO)c4OC2C(OC(=O)c2ccccc2)=CCC3C1C5.Cl. The molecule has 2 aliphatic carbocycles. The van der Waals surface area contributed by atoms with Crippen molar-refractivity contribution in [1.29, 1.82) is 0 Å². The van der Waals surface area contributed by atoms with E-state index in [1.807, 2.05) is 24.3 Å². The van der Waals surface area contributed by atoms with Gasteiger partial charge in [-0.1, -0.05) is 30.3 Å². The van der Waals surface area contributed by atoms with Gasteiger partial charge < -0.3 is 19.5 Å². The van der Waals surface area contributed by atoms with Gasteiger partial charge in [-0.25, -0.2) is 4.79 Å². The average molecular weight is 440 g/mol. The van der Waals surface area contributed by atoms with Crippen molar-refractivity contribution in [2.75, 3.05) is 13.6 Å². The van der Waals surface area contributed by atoms with Crippen LogP contribution in [0.3, 0.4) is 0 Å². The molecule has 0 radical (unpaired) electrons. The smallest absolute Gasteiger partial charge is 0.343 e. The summed E-state index contributed by atoms with van der Waals surface area (Å²) in [5, 5.41) is 9.95. The molecule has 1 spiro atoms. The van der Waals surface area contributed by atoms with E-state index in [0.717, 1.165) is 37.1 Å². The maximum absolute atomic E-state index is 12.8. The Bertz CT molecular complexity index is 1070. The van der Waals surface area contributed by atoms with Gasteiger partial charge in [0.25, 0.3) is 0 Å². The summed E-state index contributed by atoms with van der Waals surface area (Å²) in [6.45, 7) is 0.936. The summed E-state index contributed by atoms with van der Waals surface area (Å²) < 4.78 is 12.5. The summed E-state index contributed by atoms with van der Waals surface area (Å²) in [6, 6.07) is 13.7. The highest BCUT2D eigenvalue weighted by Gasteiger charge is 2.64. The summed E-state index contributed by atoms with van der Waals surface area (Å²) >= 11 is 0. The number of esters is 1. The van der Waals surface area contributed by atoms with E-state index in [1.165, 1.54) is 11.1 Å². The van der Waals surface area contributed by atoms with Gasteiger partial charge >= 0.3 is 5.97 Å². The molecule has 0 aromatic heterocycles. The number of hydrogen-bond donors (Lipinski definition) is 1. The van der Waals surface area contributed by atoms with Gasteiger partial charge in [-0.15, -0.1) is 12.4 Å². The number of ether oxygens (including phenoxy) is 2.